The van der Waals surface area contributed by atoms with Gasteiger partial charge in [0.2, 0.25) is 0 Å². The van der Waals surface area contributed by atoms with Gasteiger partial charge in [-0.05, 0) is 56.3 Å². The standard InChI is InChI=1S/C16H22ClN/c1-2-11-18-16(14-5-3-4-6-14)12-13-7-9-15(17)10-8-13/h5,7-10,16,18H,2-4,6,11-12H2,1H3. The lowest BCUT2D eigenvalue weighted by molar-refractivity contribution is 0.552. The summed E-state index contributed by atoms with van der Waals surface area (Å²) in [5, 5.41) is 4.49. The van der Waals surface area contributed by atoms with E-state index < -0.39 is 0 Å². The molecule has 18 heavy (non-hydrogen) atoms. The fourth-order valence-corrected chi connectivity index (χ4v) is 2.65. The molecule has 0 aromatic heterocycles. The zero-order chi connectivity index (χ0) is 12.8. The predicted molar refractivity (Wildman–Crippen MR) is 79.2 cm³/mol. The lowest BCUT2D eigenvalue weighted by Gasteiger charge is -2.20. The van der Waals surface area contributed by atoms with Crippen molar-refractivity contribution in [2.75, 3.05) is 6.54 Å². The average Bonchev–Trinajstić information content (AvgIpc) is 2.90. The molecule has 0 saturated carbocycles. The van der Waals surface area contributed by atoms with Crippen molar-refractivity contribution < 1.29 is 0 Å². The van der Waals surface area contributed by atoms with Crippen LogP contribution >= 0.6 is 11.6 Å². The van der Waals surface area contributed by atoms with E-state index >= 15 is 0 Å². The third-order valence-corrected chi connectivity index (χ3v) is 3.77. The number of rotatable bonds is 6. The van der Waals surface area contributed by atoms with Crippen LogP contribution in [-0.4, -0.2) is 12.6 Å². The van der Waals surface area contributed by atoms with Gasteiger partial charge in [-0.15, -0.1) is 0 Å². The van der Waals surface area contributed by atoms with Crippen molar-refractivity contribution in [3.63, 3.8) is 0 Å². The van der Waals surface area contributed by atoms with E-state index in [-0.39, 0.29) is 0 Å². The molecule has 1 N–H and O–H groups in total. The minimum atomic E-state index is 0.508. The minimum absolute atomic E-state index is 0.508. The Kier molecular flexibility index (Phi) is 5.27. The Morgan fingerprint density at radius 2 is 2.06 bits per heavy atom. The topological polar surface area (TPSA) is 12.0 Å². The van der Waals surface area contributed by atoms with Crippen LogP contribution in [0.5, 0.6) is 0 Å². The van der Waals surface area contributed by atoms with Gasteiger partial charge < -0.3 is 5.32 Å². The number of benzene rings is 1. The van der Waals surface area contributed by atoms with Crippen LogP contribution in [0.1, 0.15) is 38.2 Å². The molecule has 0 fully saturated rings. The van der Waals surface area contributed by atoms with E-state index in [9.17, 15) is 0 Å². The maximum atomic E-state index is 5.93. The molecule has 1 aliphatic rings. The molecule has 1 aromatic carbocycles. The molecule has 0 heterocycles. The first-order valence-corrected chi connectivity index (χ1v) is 7.34. The minimum Gasteiger partial charge on any atom is -0.310 e. The van der Waals surface area contributed by atoms with Crippen LogP contribution in [-0.2, 0) is 6.42 Å². The highest BCUT2D eigenvalue weighted by Crippen LogP contribution is 2.23. The first-order valence-electron chi connectivity index (χ1n) is 6.96. The molecule has 2 heteroatoms. The van der Waals surface area contributed by atoms with Gasteiger partial charge in [-0.3, -0.25) is 0 Å². The molecule has 1 nitrogen and oxygen atoms in total. The first-order chi connectivity index (χ1) is 8.79. The fraction of sp³-hybridized carbons (Fsp3) is 0.500. The van der Waals surface area contributed by atoms with Gasteiger partial charge in [0.15, 0.2) is 0 Å². The second kappa shape index (κ2) is 6.96. The highest BCUT2D eigenvalue weighted by atomic mass is 35.5. The van der Waals surface area contributed by atoms with Gasteiger partial charge in [0.25, 0.3) is 0 Å². The van der Waals surface area contributed by atoms with E-state index in [1.165, 1.54) is 31.2 Å². The summed E-state index contributed by atoms with van der Waals surface area (Å²) in [6.07, 6.45) is 8.51. The fourth-order valence-electron chi connectivity index (χ4n) is 2.52. The number of nitrogens with one attached hydrogen (secondary N) is 1. The Hall–Kier alpha value is -0.790. The number of halogens is 1. The molecule has 0 aliphatic heterocycles. The second-order valence-corrected chi connectivity index (χ2v) is 5.45. The zero-order valence-electron chi connectivity index (χ0n) is 11.1. The molecule has 0 radical (unpaired) electrons. The van der Waals surface area contributed by atoms with E-state index in [0.29, 0.717) is 6.04 Å². The summed E-state index contributed by atoms with van der Waals surface area (Å²) in [5.74, 6) is 0. The van der Waals surface area contributed by atoms with Crippen molar-refractivity contribution in [3.8, 4) is 0 Å². The Morgan fingerprint density at radius 1 is 1.28 bits per heavy atom. The van der Waals surface area contributed by atoms with Crippen molar-refractivity contribution in [1.82, 2.24) is 5.32 Å². The third kappa shape index (κ3) is 3.86. The summed E-state index contributed by atoms with van der Waals surface area (Å²) in [6, 6.07) is 8.75. The second-order valence-electron chi connectivity index (χ2n) is 5.01. The van der Waals surface area contributed by atoms with E-state index in [0.717, 1.165) is 18.0 Å². The lowest BCUT2D eigenvalue weighted by atomic mass is 9.98. The Morgan fingerprint density at radius 3 is 2.67 bits per heavy atom. The van der Waals surface area contributed by atoms with Gasteiger partial charge in [0, 0.05) is 11.1 Å². The van der Waals surface area contributed by atoms with Gasteiger partial charge in [0.05, 0.1) is 0 Å². The Bertz CT molecular complexity index is 394. The summed E-state index contributed by atoms with van der Waals surface area (Å²) in [6.45, 7) is 3.31. The molecule has 0 saturated heterocycles. The van der Waals surface area contributed by atoms with Gasteiger partial charge in [-0.1, -0.05) is 42.3 Å². The zero-order valence-corrected chi connectivity index (χ0v) is 11.8. The van der Waals surface area contributed by atoms with E-state index in [4.69, 9.17) is 11.6 Å². The van der Waals surface area contributed by atoms with E-state index in [1.54, 1.807) is 5.57 Å². The summed E-state index contributed by atoms with van der Waals surface area (Å²) in [7, 11) is 0. The molecule has 1 atom stereocenters. The molecule has 0 bridgehead atoms. The number of hydrogen-bond donors (Lipinski definition) is 1. The molecular formula is C16H22ClN. The van der Waals surface area contributed by atoms with Crippen LogP contribution in [0, 0.1) is 0 Å². The lowest BCUT2D eigenvalue weighted by Crippen LogP contribution is -2.33. The van der Waals surface area contributed by atoms with Crippen LogP contribution in [0.4, 0.5) is 0 Å². The number of hydrogen-bond acceptors (Lipinski definition) is 1. The predicted octanol–water partition coefficient (Wildman–Crippen LogP) is 4.36. The van der Waals surface area contributed by atoms with Crippen molar-refractivity contribution in [1.29, 1.82) is 0 Å². The van der Waals surface area contributed by atoms with Crippen LogP contribution in [0.25, 0.3) is 0 Å². The maximum absolute atomic E-state index is 5.93. The highest BCUT2D eigenvalue weighted by Gasteiger charge is 2.16. The SMILES string of the molecule is CCCNC(Cc1ccc(Cl)cc1)C1=CCCC1. The number of allylic oxidation sites excluding steroid dienone is 1. The monoisotopic (exact) mass is 263 g/mol. The quantitative estimate of drug-likeness (QED) is 0.752. The average molecular weight is 264 g/mol. The van der Waals surface area contributed by atoms with Gasteiger partial charge in [-0.25, -0.2) is 0 Å². The van der Waals surface area contributed by atoms with Crippen LogP contribution in [0.2, 0.25) is 5.02 Å². The Balaban J connectivity index is 2.01. The van der Waals surface area contributed by atoms with Crippen LogP contribution < -0.4 is 5.32 Å². The first kappa shape index (κ1) is 13.6. The normalized spacial score (nSPS) is 16.7. The van der Waals surface area contributed by atoms with Crippen LogP contribution in [0.3, 0.4) is 0 Å². The maximum Gasteiger partial charge on any atom is 0.0406 e. The highest BCUT2D eigenvalue weighted by molar-refractivity contribution is 6.30. The van der Waals surface area contributed by atoms with E-state index in [1.807, 2.05) is 12.1 Å². The van der Waals surface area contributed by atoms with Gasteiger partial charge in [-0.2, -0.15) is 0 Å². The summed E-state index contributed by atoms with van der Waals surface area (Å²) in [5.41, 5.74) is 2.96. The summed E-state index contributed by atoms with van der Waals surface area (Å²) >= 11 is 5.93. The molecular weight excluding hydrogens is 242 g/mol. The molecule has 0 amide bonds. The largest absolute Gasteiger partial charge is 0.310 e. The van der Waals surface area contributed by atoms with Gasteiger partial charge in [0.1, 0.15) is 0 Å². The smallest absolute Gasteiger partial charge is 0.0406 e. The molecule has 1 aromatic rings. The van der Waals surface area contributed by atoms with Crippen molar-refractivity contribution in [3.05, 3.63) is 46.5 Å². The molecule has 0 spiro atoms. The van der Waals surface area contributed by atoms with Gasteiger partial charge >= 0.3 is 0 Å². The van der Waals surface area contributed by atoms with E-state index in [2.05, 4.69) is 30.4 Å². The molecule has 2 rings (SSSR count). The summed E-state index contributed by atoms with van der Waals surface area (Å²) < 4.78 is 0. The van der Waals surface area contributed by atoms with Crippen LogP contribution in [0.15, 0.2) is 35.9 Å². The summed E-state index contributed by atoms with van der Waals surface area (Å²) in [4.78, 5) is 0. The third-order valence-electron chi connectivity index (χ3n) is 3.52. The van der Waals surface area contributed by atoms with Crippen molar-refractivity contribution >= 4 is 11.6 Å². The van der Waals surface area contributed by atoms with Crippen molar-refractivity contribution in [2.24, 2.45) is 0 Å². The Labute approximate surface area is 115 Å². The van der Waals surface area contributed by atoms with Crippen molar-refractivity contribution in [2.45, 2.75) is 45.1 Å². The molecule has 1 aliphatic carbocycles. The molecule has 98 valence electrons. The molecule has 1 unspecified atom stereocenters.